The number of aryl methyl sites for hydroxylation is 2. The second-order valence-corrected chi connectivity index (χ2v) is 5.56. The number of hydrogen-bond acceptors (Lipinski definition) is 2. The molecular formula is C16H26N2. The molecule has 1 heterocycles. The normalized spacial score (nSPS) is 17.2. The molecule has 2 rings (SSSR count). The quantitative estimate of drug-likeness (QED) is 0.878. The van der Waals surface area contributed by atoms with Gasteiger partial charge in [-0.25, -0.2) is 0 Å². The Labute approximate surface area is 111 Å². The second kappa shape index (κ2) is 6.24. The van der Waals surface area contributed by atoms with E-state index < -0.39 is 0 Å². The zero-order valence-corrected chi connectivity index (χ0v) is 12.0. The summed E-state index contributed by atoms with van der Waals surface area (Å²) in [5.41, 5.74) is 4.32. The first-order chi connectivity index (χ1) is 8.72. The summed E-state index contributed by atoms with van der Waals surface area (Å²) in [5, 5.41) is 3.26. The summed E-state index contributed by atoms with van der Waals surface area (Å²) in [6, 6.07) is 6.62. The van der Waals surface area contributed by atoms with E-state index in [0.29, 0.717) is 0 Å². The molecular weight excluding hydrogens is 220 g/mol. The Kier molecular flexibility index (Phi) is 4.65. The molecule has 0 unspecified atom stereocenters. The van der Waals surface area contributed by atoms with E-state index in [9.17, 15) is 0 Å². The van der Waals surface area contributed by atoms with Gasteiger partial charge in [0.05, 0.1) is 0 Å². The molecule has 2 heteroatoms. The van der Waals surface area contributed by atoms with Gasteiger partial charge in [0.25, 0.3) is 0 Å². The van der Waals surface area contributed by atoms with Gasteiger partial charge < -0.3 is 10.2 Å². The monoisotopic (exact) mass is 246 g/mol. The Bertz CT molecular complexity index is 358. The summed E-state index contributed by atoms with van der Waals surface area (Å²) < 4.78 is 0. The third-order valence-corrected chi connectivity index (χ3v) is 4.17. The van der Waals surface area contributed by atoms with Gasteiger partial charge in [0.1, 0.15) is 0 Å². The van der Waals surface area contributed by atoms with Gasteiger partial charge in [0.2, 0.25) is 0 Å². The van der Waals surface area contributed by atoms with Crippen LogP contribution in [0.25, 0.3) is 0 Å². The van der Waals surface area contributed by atoms with E-state index in [0.717, 1.165) is 12.5 Å². The van der Waals surface area contributed by atoms with Crippen molar-refractivity contribution in [1.82, 2.24) is 5.32 Å². The summed E-state index contributed by atoms with van der Waals surface area (Å²) in [7, 11) is 2.05. The van der Waals surface area contributed by atoms with Gasteiger partial charge in [-0.15, -0.1) is 0 Å². The highest BCUT2D eigenvalue weighted by atomic mass is 15.1. The molecule has 0 aromatic heterocycles. The lowest BCUT2D eigenvalue weighted by Crippen LogP contribution is -2.35. The fourth-order valence-corrected chi connectivity index (χ4v) is 3.10. The third-order valence-electron chi connectivity index (χ3n) is 4.17. The minimum Gasteiger partial charge on any atom is -0.371 e. The van der Waals surface area contributed by atoms with E-state index in [2.05, 4.69) is 42.3 Å². The molecule has 1 aromatic rings. The minimum absolute atomic E-state index is 0.915. The van der Waals surface area contributed by atoms with Gasteiger partial charge >= 0.3 is 0 Å². The summed E-state index contributed by atoms with van der Waals surface area (Å²) in [5.74, 6) is 0.915. The van der Waals surface area contributed by atoms with E-state index in [1.165, 1.54) is 49.2 Å². The second-order valence-electron chi connectivity index (χ2n) is 5.56. The summed E-state index contributed by atoms with van der Waals surface area (Å²) >= 11 is 0. The van der Waals surface area contributed by atoms with E-state index in [1.54, 1.807) is 0 Å². The highest BCUT2D eigenvalue weighted by Gasteiger charge is 2.20. The van der Waals surface area contributed by atoms with Crippen LogP contribution in [0.2, 0.25) is 0 Å². The lowest BCUT2D eigenvalue weighted by Gasteiger charge is -2.35. The molecule has 0 atom stereocenters. The fourth-order valence-electron chi connectivity index (χ4n) is 3.10. The van der Waals surface area contributed by atoms with Crippen LogP contribution in [0.5, 0.6) is 0 Å². The largest absolute Gasteiger partial charge is 0.371 e. The van der Waals surface area contributed by atoms with Crippen LogP contribution < -0.4 is 10.2 Å². The van der Waals surface area contributed by atoms with E-state index in [-0.39, 0.29) is 0 Å². The molecule has 1 aliphatic heterocycles. The number of benzene rings is 1. The Morgan fingerprint density at radius 2 is 1.78 bits per heavy atom. The molecule has 0 spiro atoms. The number of piperidine rings is 1. The Hall–Kier alpha value is -1.02. The van der Waals surface area contributed by atoms with Crippen molar-refractivity contribution in [3.8, 4) is 0 Å². The lowest BCUT2D eigenvalue weighted by molar-refractivity contribution is 0.378. The van der Waals surface area contributed by atoms with Crippen molar-refractivity contribution < 1.29 is 0 Å². The van der Waals surface area contributed by atoms with Gasteiger partial charge in [-0.2, -0.15) is 0 Å². The average Bonchev–Trinajstić information content (AvgIpc) is 2.37. The zero-order chi connectivity index (χ0) is 13.0. The van der Waals surface area contributed by atoms with Crippen LogP contribution in [0, 0.1) is 19.8 Å². The maximum atomic E-state index is 3.26. The fraction of sp³-hybridized carbons (Fsp3) is 0.625. The average molecular weight is 246 g/mol. The topological polar surface area (TPSA) is 15.3 Å². The predicted molar refractivity (Wildman–Crippen MR) is 79.4 cm³/mol. The number of nitrogens with one attached hydrogen (secondary N) is 1. The molecule has 1 aliphatic rings. The van der Waals surface area contributed by atoms with Gasteiger partial charge in [-0.1, -0.05) is 18.2 Å². The lowest BCUT2D eigenvalue weighted by atomic mass is 9.92. The predicted octanol–water partition coefficient (Wildman–Crippen LogP) is 3.13. The maximum absolute atomic E-state index is 3.26. The Morgan fingerprint density at radius 3 is 2.33 bits per heavy atom. The maximum Gasteiger partial charge on any atom is 0.0425 e. The van der Waals surface area contributed by atoms with Crippen molar-refractivity contribution in [2.45, 2.75) is 33.1 Å². The molecule has 1 aromatic carbocycles. The van der Waals surface area contributed by atoms with Crippen molar-refractivity contribution in [3.05, 3.63) is 29.3 Å². The molecule has 1 saturated heterocycles. The van der Waals surface area contributed by atoms with Gasteiger partial charge in [-0.05, 0) is 63.7 Å². The van der Waals surface area contributed by atoms with E-state index in [4.69, 9.17) is 0 Å². The first-order valence-electron chi connectivity index (χ1n) is 7.18. The number of rotatable bonds is 4. The van der Waals surface area contributed by atoms with Crippen LogP contribution in [0.3, 0.4) is 0 Å². The first kappa shape index (κ1) is 13.4. The highest BCUT2D eigenvalue weighted by molar-refractivity contribution is 5.59. The summed E-state index contributed by atoms with van der Waals surface area (Å²) in [6.45, 7) is 8.07. The van der Waals surface area contributed by atoms with Gasteiger partial charge in [0.15, 0.2) is 0 Å². The van der Waals surface area contributed by atoms with Crippen LogP contribution >= 0.6 is 0 Å². The minimum atomic E-state index is 0.915. The molecule has 1 N–H and O–H groups in total. The SMILES string of the molecule is CNCCC1CCN(c2c(C)cccc2C)CC1. The molecule has 1 fully saturated rings. The summed E-state index contributed by atoms with van der Waals surface area (Å²) in [6.07, 6.45) is 4.02. The van der Waals surface area contributed by atoms with Crippen molar-refractivity contribution in [2.24, 2.45) is 5.92 Å². The van der Waals surface area contributed by atoms with Crippen LogP contribution in [-0.4, -0.2) is 26.7 Å². The number of para-hydroxylation sites is 1. The van der Waals surface area contributed by atoms with Gasteiger partial charge in [0, 0.05) is 18.8 Å². The third kappa shape index (κ3) is 3.05. The number of hydrogen-bond donors (Lipinski definition) is 1. The number of nitrogens with zero attached hydrogens (tertiary/aromatic N) is 1. The zero-order valence-electron chi connectivity index (χ0n) is 12.0. The van der Waals surface area contributed by atoms with Crippen molar-refractivity contribution >= 4 is 5.69 Å². The summed E-state index contributed by atoms with van der Waals surface area (Å²) in [4.78, 5) is 2.58. The highest BCUT2D eigenvalue weighted by Crippen LogP contribution is 2.29. The van der Waals surface area contributed by atoms with E-state index in [1.807, 2.05) is 7.05 Å². The molecule has 0 aliphatic carbocycles. The molecule has 2 nitrogen and oxygen atoms in total. The van der Waals surface area contributed by atoms with Crippen molar-refractivity contribution in [2.75, 3.05) is 31.6 Å². The molecule has 100 valence electrons. The van der Waals surface area contributed by atoms with E-state index >= 15 is 0 Å². The van der Waals surface area contributed by atoms with Crippen LogP contribution in [-0.2, 0) is 0 Å². The molecule has 0 radical (unpaired) electrons. The molecule has 0 amide bonds. The number of anilines is 1. The Balaban J connectivity index is 1.97. The van der Waals surface area contributed by atoms with Crippen molar-refractivity contribution in [1.29, 1.82) is 0 Å². The Morgan fingerprint density at radius 1 is 1.17 bits per heavy atom. The van der Waals surface area contributed by atoms with Crippen LogP contribution in [0.1, 0.15) is 30.4 Å². The molecule has 0 saturated carbocycles. The van der Waals surface area contributed by atoms with Crippen molar-refractivity contribution in [3.63, 3.8) is 0 Å². The molecule has 18 heavy (non-hydrogen) atoms. The van der Waals surface area contributed by atoms with Crippen LogP contribution in [0.15, 0.2) is 18.2 Å². The van der Waals surface area contributed by atoms with Gasteiger partial charge in [-0.3, -0.25) is 0 Å². The van der Waals surface area contributed by atoms with Crippen LogP contribution in [0.4, 0.5) is 5.69 Å². The molecule has 0 bridgehead atoms. The first-order valence-corrected chi connectivity index (χ1v) is 7.18. The smallest absolute Gasteiger partial charge is 0.0425 e. The standard InChI is InChI=1S/C16H26N2/c1-13-5-4-6-14(2)16(13)18-11-8-15(9-12-18)7-10-17-3/h4-6,15,17H,7-12H2,1-3H3.